The summed E-state index contributed by atoms with van der Waals surface area (Å²) >= 11 is 3.43. The van der Waals surface area contributed by atoms with E-state index >= 15 is 0 Å². The van der Waals surface area contributed by atoms with Crippen molar-refractivity contribution in [3.63, 3.8) is 0 Å². The molecule has 0 aliphatic rings. The molecule has 0 aromatic heterocycles. The number of rotatable bonds is 5. The Balaban J connectivity index is 2.54. The smallest absolute Gasteiger partial charge is 0.133 e. The minimum atomic E-state index is -0.752. The Morgan fingerprint density at radius 3 is 2.33 bits per heavy atom. The minimum Gasteiger partial charge on any atom is -0.496 e. The summed E-state index contributed by atoms with van der Waals surface area (Å²) in [7, 11) is 3.19. The number of halogens is 1. The first-order valence-electron chi connectivity index (χ1n) is 6.79. The van der Waals surface area contributed by atoms with Crippen molar-refractivity contribution >= 4 is 15.9 Å². The second-order valence-electron chi connectivity index (χ2n) is 4.68. The van der Waals surface area contributed by atoms with Crippen LogP contribution in [0.2, 0.25) is 0 Å². The maximum atomic E-state index is 10.8. The highest BCUT2D eigenvalue weighted by molar-refractivity contribution is 9.10. The molecule has 1 N–H and O–H groups in total. The third-order valence-corrected chi connectivity index (χ3v) is 4.15. The average Bonchev–Trinajstić information content (AvgIpc) is 2.53. The fourth-order valence-electron chi connectivity index (χ4n) is 2.39. The zero-order valence-corrected chi connectivity index (χ0v) is 14.0. The lowest BCUT2D eigenvalue weighted by atomic mass is 9.95. The lowest BCUT2D eigenvalue weighted by Gasteiger charge is -2.19. The van der Waals surface area contributed by atoms with Crippen LogP contribution in [0.5, 0.6) is 11.5 Å². The lowest BCUT2D eigenvalue weighted by molar-refractivity contribution is 0.213. The maximum absolute atomic E-state index is 10.8. The van der Waals surface area contributed by atoms with Crippen LogP contribution in [0.4, 0.5) is 0 Å². The van der Waals surface area contributed by atoms with Gasteiger partial charge in [0.05, 0.1) is 18.7 Å². The molecular weight excluding hydrogens is 332 g/mol. The summed E-state index contributed by atoms with van der Waals surface area (Å²) in [5.74, 6) is 1.29. The van der Waals surface area contributed by atoms with Gasteiger partial charge >= 0.3 is 0 Å². The molecule has 21 heavy (non-hydrogen) atoms. The van der Waals surface area contributed by atoms with Gasteiger partial charge in [0, 0.05) is 5.56 Å². The molecule has 0 aliphatic heterocycles. The van der Waals surface area contributed by atoms with Crippen LogP contribution in [0.25, 0.3) is 0 Å². The molecule has 0 saturated carbocycles. The van der Waals surface area contributed by atoms with Crippen LogP contribution >= 0.6 is 15.9 Å². The summed E-state index contributed by atoms with van der Waals surface area (Å²) in [6.45, 7) is 2.07. The zero-order chi connectivity index (χ0) is 15.4. The van der Waals surface area contributed by atoms with E-state index in [1.807, 2.05) is 30.3 Å². The molecule has 1 atom stereocenters. The highest BCUT2D eigenvalue weighted by atomic mass is 79.9. The van der Waals surface area contributed by atoms with Crippen molar-refractivity contribution in [2.24, 2.45) is 0 Å². The molecular formula is C17H19BrO3. The van der Waals surface area contributed by atoms with Gasteiger partial charge in [0.2, 0.25) is 0 Å². The molecule has 2 rings (SSSR count). The van der Waals surface area contributed by atoms with Gasteiger partial charge in [0.25, 0.3) is 0 Å². The van der Waals surface area contributed by atoms with E-state index in [1.165, 1.54) is 0 Å². The maximum Gasteiger partial charge on any atom is 0.133 e. The summed E-state index contributed by atoms with van der Waals surface area (Å²) in [6.07, 6.45) is 0.113. The van der Waals surface area contributed by atoms with Gasteiger partial charge in [-0.05, 0) is 45.6 Å². The normalized spacial score (nSPS) is 12.0. The SMILES string of the molecule is CCc1ccccc1C(O)c1cc(OC)c(Br)cc1OC. The Morgan fingerprint density at radius 2 is 1.71 bits per heavy atom. The first-order valence-corrected chi connectivity index (χ1v) is 7.58. The molecule has 0 spiro atoms. The summed E-state index contributed by atoms with van der Waals surface area (Å²) < 4.78 is 11.5. The van der Waals surface area contributed by atoms with Crippen LogP contribution in [-0.4, -0.2) is 19.3 Å². The fraction of sp³-hybridized carbons (Fsp3) is 0.294. The Labute approximate surface area is 133 Å². The van der Waals surface area contributed by atoms with Crippen LogP contribution in [0.1, 0.15) is 29.7 Å². The van der Waals surface area contributed by atoms with Gasteiger partial charge in [-0.25, -0.2) is 0 Å². The van der Waals surface area contributed by atoms with Gasteiger partial charge in [0.1, 0.15) is 17.6 Å². The largest absolute Gasteiger partial charge is 0.496 e. The summed E-state index contributed by atoms with van der Waals surface area (Å²) in [5, 5.41) is 10.8. The summed E-state index contributed by atoms with van der Waals surface area (Å²) in [6, 6.07) is 11.5. The number of methoxy groups -OCH3 is 2. The minimum absolute atomic E-state index is 0.626. The molecule has 3 nitrogen and oxygen atoms in total. The topological polar surface area (TPSA) is 38.7 Å². The number of aliphatic hydroxyl groups is 1. The molecule has 0 heterocycles. The number of ether oxygens (including phenoxy) is 2. The van der Waals surface area contributed by atoms with Crippen molar-refractivity contribution in [3.8, 4) is 11.5 Å². The monoisotopic (exact) mass is 350 g/mol. The van der Waals surface area contributed by atoms with Gasteiger partial charge in [0.15, 0.2) is 0 Å². The number of aryl methyl sites for hydroxylation is 1. The lowest BCUT2D eigenvalue weighted by Crippen LogP contribution is -2.06. The van der Waals surface area contributed by atoms with E-state index < -0.39 is 6.10 Å². The van der Waals surface area contributed by atoms with Gasteiger partial charge < -0.3 is 14.6 Å². The second-order valence-corrected chi connectivity index (χ2v) is 5.54. The molecule has 2 aromatic carbocycles. The Morgan fingerprint density at radius 1 is 1.05 bits per heavy atom. The zero-order valence-electron chi connectivity index (χ0n) is 12.4. The fourth-order valence-corrected chi connectivity index (χ4v) is 2.87. The van der Waals surface area contributed by atoms with Crippen LogP contribution in [0, 0.1) is 0 Å². The Bertz CT molecular complexity index is 625. The van der Waals surface area contributed by atoms with E-state index in [-0.39, 0.29) is 0 Å². The summed E-state index contributed by atoms with van der Waals surface area (Å²) in [4.78, 5) is 0. The van der Waals surface area contributed by atoms with Crippen LogP contribution < -0.4 is 9.47 Å². The van der Waals surface area contributed by atoms with Crippen molar-refractivity contribution in [2.45, 2.75) is 19.4 Å². The molecule has 0 aliphatic carbocycles. The molecule has 4 heteroatoms. The predicted molar refractivity (Wildman–Crippen MR) is 87.1 cm³/mol. The van der Waals surface area contributed by atoms with Crippen molar-refractivity contribution in [1.82, 2.24) is 0 Å². The van der Waals surface area contributed by atoms with E-state index in [4.69, 9.17) is 9.47 Å². The average molecular weight is 351 g/mol. The third-order valence-electron chi connectivity index (χ3n) is 3.53. The van der Waals surface area contributed by atoms with E-state index in [1.54, 1.807) is 20.3 Å². The third kappa shape index (κ3) is 3.22. The molecule has 0 saturated heterocycles. The quantitative estimate of drug-likeness (QED) is 0.881. The number of hydrogen-bond donors (Lipinski definition) is 1. The van der Waals surface area contributed by atoms with Crippen molar-refractivity contribution in [3.05, 3.63) is 57.6 Å². The van der Waals surface area contributed by atoms with E-state index in [0.29, 0.717) is 17.1 Å². The van der Waals surface area contributed by atoms with Crippen LogP contribution in [0.3, 0.4) is 0 Å². The van der Waals surface area contributed by atoms with Gasteiger partial charge in [-0.15, -0.1) is 0 Å². The highest BCUT2D eigenvalue weighted by Crippen LogP contribution is 2.38. The molecule has 0 bridgehead atoms. The molecule has 112 valence electrons. The van der Waals surface area contributed by atoms with Crippen molar-refractivity contribution in [1.29, 1.82) is 0 Å². The first kappa shape index (κ1) is 15.9. The van der Waals surface area contributed by atoms with Gasteiger partial charge in [-0.1, -0.05) is 31.2 Å². The molecule has 2 aromatic rings. The first-order chi connectivity index (χ1) is 10.1. The van der Waals surface area contributed by atoms with Gasteiger partial charge in [-0.3, -0.25) is 0 Å². The van der Waals surface area contributed by atoms with Crippen molar-refractivity contribution in [2.75, 3.05) is 14.2 Å². The molecule has 1 unspecified atom stereocenters. The number of benzene rings is 2. The number of aliphatic hydroxyl groups excluding tert-OH is 1. The standard InChI is InChI=1S/C17H19BrO3/c1-4-11-7-5-6-8-12(11)17(19)13-9-16(21-3)14(18)10-15(13)20-2/h5-10,17,19H,4H2,1-3H3. The molecule has 0 radical (unpaired) electrons. The van der Waals surface area contributed by atoms with Crippen LogP contribution in [0.15, 0.2) is 40.9 Å². The highest BCUT2D eigenvalue weighted by Gasteiger charge is 2.20. The van der Waals surface area contributed by atoms with E-state index in [9.17, 15) is 5.11 Å². The van der Waals surface area contributed by atoms with Crippen LogP contribution in [-0.2, 0) is 6.42 Å². The molecule has 0 fully saturated rings. The molecule has 0 amide bonds. The summed E-state index contributed by atoms with van der Waals surface area (Å²) in [5.41, 5.74) is 2.70. The predicted octanol–water partition coefficient (Wildman–Crippen LogP) is 4.11. The van der Waals surface area contributed by atoms with Gasteiger partial charge in [-0.2, -0.15) is 0 Å². The Hall–Kier alpha value is -1.52. The van der Waals surface area contributed by atoms with Crippen molar-refractivity contribution < 1.29 is 14.6 Å². The van der Waals surface area contributed by atoms with E-state index in [0.717, 1.165) is 22.0 Å². The second kappa shape index (κ2) is 6.96. The number of hydrogen-bond acceptors (Lipinski definition) is 3. The Kier molecular flexibility index (Phi) is 5.26. The van der Waals surface area contributed by atoms with E-state index in [2.05, 4.69) is 22.9 Å².